The van der Waals surface area contributed by atoms with Crippen LogP contribution in [0.2, 0.25) is 0 Å². The molecule has 2 fully saturated rings. The van der Waals surface area contributed by atoms with Gasteiger partial charge >= 0.3 is 6.18 Å². The van der Waals surface area contributed by atoms with Gasteiger partial charge in [0.2, 0.25) is 5.91 Å². The molecule has 1 aromatic carbocycles. The quantitative estimate of drug-likeness (QED) is 0.433. The fourth-order valence-electron chi connectivity index (χ4n) is 5.96. The smallest absolute Gasteiger partial charge is 0.349 e. The van der Waals surface area contributed by atoms with Crippen LogP contribution in [-0.4, -0.2) is 74.3 Å². The second-order valence-corrected chi connectivity index (χ2v) is 10.8. The highest BCUT2D eigenvalue weighted by Gasteiger charge is 2.42. The van der Waals surface area contributed by atoms with Crippen molar-refractivity contribution in [2.75, 3.05) is 32.7 Å². The summed E-state index contributed by atoms with van der Waals surface area (Å²) in [6.45, 7) is 8.34. The van der Waals surface area contributed by atoms with Crippen LogP contribution in [0.5, 0.6) is 0 Å². The number of likely N-dealkylation sites (tertiary alicyclic amines) is 2. The predicted molar refractivity (Wildman–Crippen MR) is 141 cm³/mol. The second kappa shape index (κ2) is 11.2. The van der Waals surface area contributed by atoms with Gasteiger partial charge in [-0.25, -0.2) is 9.07 Å². The van der Waals surface area contributed by atoms with Gasteiger partial charge in [0.1, 0.15) is 5.82 Å². The van der Waals surface area contributed by atoms with Crippen molar-refractivity contribution in [2.24, 2.45) is 11.8 Å². The summed E-state index contributed by atoms with van der Waals surface area (Å²) in [5, 5.41) is 14.2. The van der Waals surface area contributed by atoms with Crippen molar-refractivity contribution < 1.29 is 27.2 Å². The van der Waals surface area contributed by atoms with Crippen LogP contribution in [0.4, 0.5) is 17.6 Å². The molecule has 218 valence electrons. The van der Waals surface area contributed by atoms with Crippen LogP contribution >= 0.6 is 0 Å². The Balaban J connectivity index is 1.21. The molecule has 4 heterocycles. The number of amides is 2. The maximum absolute atomic E-state index is 13.8. The van der Waals surface area contributed by atoms with Gasteiger partial charge in [0, 0.05) is 39.6 Å². The Labute approximate surface area is 234 Å². The van der Waals surface area contributed by atoms with E-state index in [4.69, 9.17) is 0 Å². The summed E-state index contributed by atoms with van der Waals surface area (Å²) in [6, 6.07) is 7.99. The van der Waals surface area contributed by atoms with Gasteiger partial charge in [0.15, 0.2) is 11.5 Å². The molecule has 2 aliphatic heterocycles. The average molecular weight is 574 g/mol. The van der Waals surface area contributed by atoms with Crippen molar-refractivity contribution in [2.45, 2.75) is 39.4 Å². The third-order valence-corrected chi connectivity index (χ3v) is 7.87. The van der Waals surface area contributed by atoms with Crippen LogP contribution in [0.3, 0.4) is 0 Å². The minimum Gasteiger partial charge on any atom is -0.349 e. The third-order valence-electron chi connectivity index (χ3n) is 7.87. The molecule has 3 atom stereocenters. The molecule has 0 bridgehead atoms. The lowest BCUT2D eigenvalue weighted by Crippen LogP contribution is -2.35. The van der Waals surface area contributed by atoms with E-state index in [1.807, 2.05) is 11.0 Å². The van der Waals surface area contributed by atoms with Crippen LogP contribution in [0, 0.1) is 31.5 Å². The van der Waals surface area contributed by atoms with E-state index < -0.39 is 11.9 Å². The van der Waals surface area contributed by atoms with Crippen LogP contribution < -0.4 is 5.32 Å². The van der Waals surface area contributed by atoms with Gasteiger partial charge in [-0.3, -0.25) is 9.59 Å². The number of rotatable bonds is 7. The molecule has 0 saturated carbocycles. The number of hydrogen-bond acceptors (Lipinski definition) is 6. The Morgan fingerprint density at radius 3 is 2.34 bits per heavy atom. The fraction of sp³-hybridized carbons (Fsp3) is 0.464. The molecule has 0 radical (unpaired) electrons. The Kier molecular flexibility index (Phi) is 7.82. The Hall–Kier alpha value is -3.87. The van der Waals surface area contributed by atoms with Crippen LogP contribution in [-0.2, 0) is 11.0 Å². The van der Waals surface area contributed by atoms with Gasteiger partial charge in [0.25, 0.3) is 5.91 Å². The predicted octanol–water partition coefficient (Wildman–Crippen LogP) is 3.71. The van der Waals surface area contributed by atoms with E-state index in [0.29, 0.717) is 48.3 Å². The highest BCUT2D eigenvalue weighted by Crippen LogP contribution is 2.34. The first-order chi connectivity index (χ1) is 19.4. The molecular formula is C28H31F4N7O2. The zero-order valence-corrected chi connectivity index (χ0v) is 23.0. The zero-order valence-electron chi connectivity index (χ0n) is 23.0. The number of aryl methyl sites for hydroxylation is 1. The highest BCUT2D eigenvalue weighted by atomic mass is 19.4. The molecule has 41 heavy (non-hydrogen) atoms. The van der Waals surface area contributed by atoms with Gasteiger partial charge in [-0.1, -0.05) is 12.1 Å². The molecule has 0 spiro atoms. The topological polar surface area (TPSA) is 96.2 Å². The van der Waals surface area contributed by atoms with Crippen molar-refractivity contribution in [3.63, 3.8) is 0 Å². The lowest BCUT2D eigenvalue weighted by molar-refractivity contribution is -0.141. The molecule has 0 aliphatic carbocycles. The Morgan fingerprint density at radius 2 is 1.76 bits per heavy atom. The van der Waals surface area contributed by atoms with E-state index in [-0.39, 0.29) is 29.5 Å². The summed E-state index contributed by atoms with van der Waals surface area (Å²) in [6.07, 6.45) is -3.96. The molecule has 3 unspecified atom stereocenters. The monoisotopic (exact) mass is 573 g/mol. The molecule has 2 amide bonds. The van der Waals surface area contributed by atoms with Crippen LogP contribution in [0.15, 0.2) is 36.4 Å². The maximum atomic E-state index is 13.8. The summed E-state index contributed by atoms with van der Waals surface area (Å²) in [7, 11) is 0. The number of aromatic nitrogens is 4. The first-order valence-electron chi connectivity index (χ1n) is 13.4. The zero-order chi connectivity index (χ0) is 29.5. The molecule has 3 aromatic rings. The molecule has 2 saturated heterocycles. The number of nitrogens with zero attached hydrogens (tertiary/aromatic N) is 6. The number of benzene rings is 1. The second-order valence-electron chi connectivity index (χ2n) is 10.8. The molecule has 5 rings (SSSR count). The minimum absolute atomic E-state index is 0.0994. The lowest BCUT2D eigenvalue weighted by atomic mass is 10.0. The number of carbonyl (C=O) groups excluding carboxylic acids is 2. The van der Waals surface area contributed by atoms with E-state index in [0.717, 1.165) is 31.3 Å². The third kappa shape index (κ3) is 6.09. The summed E-state index contributed by atoms with van der Waals surface area (Å²) in [5.41, 5.74) is 0.994. The number of nitrogens with one attached hydrogen (secondary N) is 1. The molecule has 9 nitrogen and oxygen atoms in total. The first-order valence-corrected chi connectivity index (χ1v) is 13.4. The number of fused-ring (bicyclic) bond motifs is 1. The van der Waals surface area contributed by atoms with Gasteiger partial charge < -0.3 is 15.1 Å². The van der Waals surface area contributed by atoms with Crippen LogP contribution in [0.1, 0.15) is 52.4 Å². The van der Waals surface area contributed by atoms with Gasteiger partial charge in [0.05, 0.1) is 23.0 Å². The van der Waals surface area contributed by atoms with Gasteiger partial charge in [-0.15, -0.1) is 10.2 Å². The molecule has 2 aromatic heterocycles. The van der Waals surface area contributed by atoms with E-state index in [1.54, 1.807) is 19.9 Å². The van der Waals surface area contributed by atoms with Gasteiger partial charge in [-0.2, -0.15) is 18.3 Å². The standard InChI is InChI=1S/C28H31F4N7O2/c1-16-26(17(2)39(36-16)25-8-7-24(34-35-25)28(30,31)32)27(41)38-14-20-12-37(13-21(20)15-38)10-9-23(33-18(3)40)19-5-4-6-22(29)11-19/h4-8,11,20-21,23H,9-10,12-15H2,1-3H3,(H,33,40). The summed E-state index contributed by atoms with van der Waals surface area (Å²) < 4.78 is 53.7. The number of halogens is 4. The SMILES string of the molecule is CC(=O)NC(CCN1CC2CN(C(=O)c3c(C)nn(-c4ccc(C(F)(F)F)nn4)c3C)CC2C1)c1cccc(F)c1. The van der Waals surface area contributed by atoms with Crippen molar-refractivity contribution in [1.29, 1.82) is 0 Å². The number of carbonyl (C=O) groups is 2. The molecule has 13 heteroatoms. The van der Waals surface area contributed by atoms with Gasteiger partial charge in [-0.05, 0) is 61.9 Å². The normalized spacial score (nSPS) is 19.8. The van der Waals surface area contributed by atoms with Crippen molar-refractivity contribution in [1.82, 2.24) is 35.1 Å². The lowest BCUT2D eigenvalue weighted by Gasteiger charge is -2.24. The van der Waals surface area contributed by atoms with E-state index in [1.165, 1.54) is 29.8 Å². The first kappa shape index (κ1) is 28.7. The molecular weight excluding hydrogens is 542 g/mol. The number of hydrogen-bond donors (Lipinski definition) is 1. The average Bonchev–Trinajstić information content (AvgIpc) is 3.57. The van der Waals surface area contributed by atoms with E-state index >= 15 is 0 Å². The van der Waals surface area contributed by atoms with Crippen LogP contribution in [0.25, 0.3) is 5.82 Å². The summed E-state index contributed by atoms with van der Waals surface area (Å²) >= 11 is 0. The molecule has 1 N–H and O–H groups in total. The van der Waals surface area contributed by atoms with Crippen molar-refractivity contribution in [3.05, 3.63) is 70.4 Å². The van der Waals surface area contributed by atoms with E-state index in [9.17, 15) is 27.2 Å². The Morgan fingerprint density at radius 1 is 1.05 bits per heavy atom. The van der Waals surface area contributed by atoms with Crippen molar-refractivity contribution in [3.8, 4) is 5.82 Å². The summed E-state index contributed by atoms with van der Waals surface area (Å²) in [5.74, 6) is 0.00596. The maximum Gasteiger partial charge on any atom is 0.435 e. The summed E-state index contributed by atoms with van der Waals surface area (Å²) in [4.78, 5) is 29.4. The van der Waals surface area contributed by atoms with Crippen molar-refractivity contribution >= 4 is 11.8 Å². The Bertz CT molecular complexity index is 1430. The number of alkyl halides is 3. The fourth-order valence-corrected chi connectivity index (χ4v) is 5.96. The van der Waals surface area contributed by atoms with E-state index in [2.05, 4.69) is 25.5 Å². The minimum atomic E-state index is -4.60. The molecule has 2 aliphatic rings. The highest BCUT2D eigenvalue weighted by molar-refractivity contribution is 5.96. The largest absolute Gasteiger partial charge is 0.435 e.